The van der Waals surface area contributed by atoms with Crippen LogP contribution in [0.25, 0.3) is 0 Å². The molecule has 0 spiro atoms. The van der Waals surface area contributed by atoms with Crippen molar-refractivity contribution in [3.8, 4) is 0 Å². The third-order valence-corrected chi connectivity index (χ3v) is 3.88. The molecule has 18 heavy (non-hydrogen) atoms. The summed E-state index contributed by atoms with van der Waals surface area (Å²) in [5.74, 6) is -0.779. The van der Waals surface area contributed by atoms with Crippen LogP contribution in [0.5, 0.6) is 0 Å². The van der Waals surface area contributed by atoms with Crippen molar-refractivity contribution < 1.29 is 14.6 Å². The number of carbonyl (C=O) groups is 1. The lowest BCUT2D eigenvalue weighted by molar-refractivity contribution is -0.145. The minimum absolute atomic E-state index is 0.241. The van der Waals surface area contributed by atoms with Crippen LogP contribution in [0.3, 0.4) is 0 Å². The van der Waals surface area contributed by atoms with Crippen molar-refractivity contribution in [2.45, 2.75) is 51.3 Å². The summed E-state index contributed by atoms with van der Waals surface area (Å²) in [6.07, 6.45) is 1.93. The molecule has 0 bridgehead atoms. The fourth-order valence-corrected chi connectivity index (χ4v) is 2.69. The zero-order valence-corrected chi connectivity index (χ0v) is 11.9. The standard InChI is InChI=1S/C13H26N2O3/c1-5-14-13(3,12(16)17)8-10(2)15-7-6-11(9-15)18-4/h10-11,14H,5-9H2,1-4H3,(H,16,17). The van der Waals surface area contributed by atoms with E-state index in [2.05, 4.69) is 17.1 Å². The Balaban J connectivity index is 2.56. The number of hydrogen-bond donors (Lipinski definition) is 2. The number of likely N-dealkylation sites (tertiary alicyclic amines) is 1. The molecule has 1 fully saturated rings. The second-order valence-corrected chi connectivity index (χ2v) is 5.36. The number of nitrogens with zero attached hydrogens (tertiary/aromatic N) is 1. The second kappa shape index (κ2) is 6.50. The Morgan fingerprint density at radius 1 is 1.67 bits per heavy atom. The molecule has 0 aromatic rings. The van der Waals surface area contributed by atoms with Gasteiger partial charge in [-0.15, -0.1) is 0 Å². The van der Waals surface area contributed by atoms with Gasteiger partial charge in [0.15, 0.2) is 0 Å². The lowest BCUT2D eigenvalue weighted by atomic mass is 9.93. The van der Waals surface area contributed by atoms with E-state index < -0.39 is 11.5 Å². The summed E-state index contributed by atoms with van der Waals surface area (Å²) in [5.41, 5.74) is -0.848. The number of carboxylic acid groups (broad SMARTS) is 1. The van der Waals surface area contributed by atoms with E-state index in [9.17, 15) is 9.90 Å². The van der Waals surface area contributed by atoms with E-state index in [1.165, 1.54) is 0 Å². The van der Waals surface area contributed by atoms with E-state index in [1.54, 1.807) is 14.0 Å². The highest BCUT2D eigenvalue weighted by Gasteiger charge is 2.36. The molecule has 1 heterocycles. The second-order valence-electron chi connectivity index (χ2n) is 5.36. The Morgan fingerprint density at radius 3 is 2.78 bits per heavy atom. The summed E-state index contributed by atoms with van der Waals surface area (Å²) in [4.78, 5) is 13.7. The molecule has 0 saturated carbocycles. The largest absolute Gasteiger partial charge is 0.480 e. The lowest BCUT2D eigenvalue weighted by Crippen LogP contribution is -2.53. The Labute approximate surface area is 109 Å². The zero-order chi connectivity index (χ0) is 13.8. The third kappa shape index (κ3) is 3.67. The highest BCUT2D eigenvalue weighted by Crippen LogP contribution is 2.21. The average molecular weight is 258 g/mol. The van der Waals surface area contributed by atoms with Crippen molar-refractivity contribution in [2.75, 3.05) is 26.7 Å². The minimum atomic E-state index is -0.848. The maximum atomic E-state index is 11.4. The van der Waals surface area contributed by atoms with Crippen LogP contribution < -0.4 is 5.32 Å². The molecule has 1 aliphatic heterocycles. The first-order valence-corrected chi connectivity index (χ1v) is 6.68. The molecule has 5 nitrogen and oxygen atoms in total. The molecule has 106 valence electrons. The number of hydrogen-bond acceptors (Lipinski definition) is 4. The van der Waals surface area contributed by atoms with Gasteiger partial charge < -0.3 is 15.2 Å². The van der Waals surface area contributed by atoms with E-state index in [0.29, 0.717) is 19.1 Å². The third-order valence-electron chi connectivity index (χ3n) is 3.88. The van der Waals surface area contributed by atoms with Crippen molar-refractivity contribution in [2.24, 2.45) is 0 Å². The van der Waals surface area contributed by atoms with Crippen LogP contribution >= 0.6 is 0 Å². The van der Waals surface area contributed by atoms with Gasteiger partial charge in [0.05, 0.1) is 6.10 Å². The van der Waals surface area contributed by atoms with Crippen LogP contribution in [-0.4, -0.2) is 60.4 Å². The van der Waals surface area contributed by atoms with E-state index in [1.807, 2.05) is 6.92 Å². The summed E-state index contributed by atoms with van der Waals surface area (Å²) < 4.78 is 5.34. The van der Waals surface area contributed by atoms with Crippen molar-refractivity contribution in [3.63, 3.8) is 0 Å². The molecule has 2 N–H and O–H groups in total. The Kier molecular flexibility index (Phi) is 5.56. The van der Waals surface area contributed by atoms with Crippen LogP contribution in [0.15, 0.2) is 0 Å². The predicted molar refractivity (Wildman–Crippen MR) is 70.8 cm³/mol. The monoisotopic (exact) mass is 258 g/mol. The Hall–Kier alpha value is -0.650. The number of likely N-dealkylation sites (N-methyl/N-ethyl adjacent to an activating group) is 1. The fourth-order valence-electron chi connectivity index (χ4n) is 2.69. The molecule has 1 saturated heterocycles. The SMILES string of the molecule is CCNC(C)(CC(C)N1CCC(OC)C1)C(=O)O. The van der Waals surface area contributed by atoms with E-state index in [4.69, 9.17) is 4.74 Å². The molecule has 0 aliphatic carbocycles. The van der Waals surface area contributed by atoms with Crippen molar-refractivity contribution in [1.29, 1.82) is 0 Å². The van der Waals surface area contributed by atoms with E-state index in [0.717, 1.165) is 19.5 Å². The van der Waals surface area contributed by atoms with Gasteiger partial charge in [-0.25, -0.2) is 0 Å². The number of methoxy groups -OCH3 is 1. The lowest BCUT2D eigenvalue weighted by Gasteiger charge is -2.33. The first kappa shape index (κ1) is 15.4. The molecule has 0 aromatic carbocycles. The molecule has 1 aliphatic rings. The number of ether oxygens (including phenoxy) is 1. The van der Waals surface area contributed by atoms with Gasteiger partial charge >= 0.3 is 5.97 Å². The predicted octanol–water partition coefficient (Wildman–Crippen LogP) is 0.939. The average Bonchev–Trinajstić information content (AvgIpc) is 2.77. The van der Waals surface area contributed by atoms with E-state index >= 15 is 0 Å². The maximum absolute atomic E-state index is 11.4. The maximum Gasteiger partial charge on any atom is 0.323 e. The summed E-state index contributed by atoms with van der Waals surface area (Å²) in [6, 6.07) is 0.241. The molecule has 0 aromatic heterocycles. The van der Waals surface area contributed by atoms with Crippen molar-refractivity contribution in [3.05, 3.63) is 0 Å². The number of rotatable bonds is 7. The summed E-state index contributed by atoms with van der Waals surface area (Å²) in [6.45, 7) is 8.34. The quantitative estimate of drug-likeness (QED) is 0.711. The van der Waals surface area contributed by atoms with Gasteiger partial charge in [-0.1, -0.05) is 6.92 Å². The molecular weight excluding hydrogens is 232 g/mol. The molecular formula is C13H26N2O3. The summed E-state index contributed by atoms with van der Waals surface area (Å²) in [5, 5.41) is 12.4. The topological polar surface area (TPSA) is 61.8 Å². The summed E-state index contributed by atoms with van der Waals surface area (Å²) >= 11 is 0. The Bertz CT molecular complexity index is 285. The molecule has 1 rings (SSSR count). The van der Waals surface area contributed by atoms with Crippen LogP contribution in [0.4, 0.5) is 0 Å². The molecule has 3 unspecified atom stereocenters. The van der Waals surface area contributed by atoms with Crippen LogP contribution in [0, 0.1) is 0 Å². The van der Waals surface area contributed by atoms with Gasteiger partial charge in [-0.3, -0.25) is 9.69 Å². The zero-order valence-electron chi connectivity index (χ0n) is 11.9. The van der Waals surface area contributed by atoms with Crippen LogP contribution in [0.2, 0.25) is 0 Å². The van der Waals surface area contributed by atoms with Crippen LogP contribution in [-0.2, 0) is 9.53 Å². The van der Waals surface area contributed by atoms with Crippen LogP contribution in [0.1, 0.15) is 33.6 Å². The van der Waals surface area contributed by atoms with Gasteiger partial charge in [0, 0.05) is 26.2 Å². The Morgan fingerprint density at radius 2 is 2.33 bits per heavy atom. The first-order chi connectivity index (χ1) is 8.42. The fraction of sp³-hybridized carbons (Fsp3) is 0.923. The minimum Gasteiger partial charge on any atom is -0.480 e. The number of aliphatic carboxylic acids is 1. The molecule has 3 atom stereocenters. The normalized spacial score (nSPS) is 25.9. The molecule has 0 amide bonds. The molecule has 0 radical (unpaired) electrons. The first-order valence-electron chi connectivity index (χ1n) is 6.68. The smallest absolute Gasteiger partial charge is 0.323 e. The van der Waals surface area contributed by atoms with Crippen molar-refractivity contribution in [1.82, 2.24) is 10.2 Å². The van der Waals surface area contributed by atoms with Gasteiger partial charge in [0.2, 0.25) is 0 Å². The number of nitrogens with one attached hydrogen (secondary N) is 1. The van der Waals surface area contributed by atoms with Crippen molar-refractivity contribution >= 4 is 5.97 Å². The number of carboxylic acids is 1. The van der Waals surface area contributed by atoms with Gasteiger partial charge in [-0.2, -0.15) is 0 Å². The highest BCUT2D eigenvalue weighted by molar-refractivity contribution is 5.78. The van der Waals surface area contributed by atoms with Gasteiger partial charge in [-0.05, 0) is 33.2 Å². The summed E-state index contributed by atoms with van der Waals surface area (Å²) in [7, 11) is 1.73. The van der Waals surface area contributed by atoms with Gasteiger partial charge in [0.1, 0.15) is 5.54 Å². The molecule has 5 heteroatoms. The van der Waals surface area contributed by atoms with E-state index in [-0.39, 0.29) is 6.04 Å². The highest BCUT2D eigenvalue weighted by atomic mass is 16.5. The van der Waals surface area contributed by atoms with Gasteiger partial charge in [0.25, 0.3) is 0 Å².